The first-order valence-electron chi connectivity index (χ1n) is 10.7. The Bertz CT molecular complexity index is 1030. The Morgan fingerprint density at radius 3 is 2.52 bits per heavy atom. The van der Waals surface area contributed by atoms with E-state index in [1.54, 1.807) is 23.1 Å². The van der Waals surface area contributed by atoms with Gasteiger partial charge in [0, 0.05) is 36.3 Å². The Hall–Kier alpha value is -3.22. The number of fused-ring (bicyclic) bond motifs is 1. The lowest BCUT2D eigenvalue weighted by molar-refractivity contribution is -0.120. The summed E-state index contributed by atoms with van der Waals surface area (Å²) < 4.78 is 14.2. The Morgan fingerprint density at radius 1 is 1.00 bits per heavy atom. The van der Waals surface area contributed by atoms with Gasteiger partial charge in [0.15, 0.2) is 0 Å². The molecule has 31 heavy (non-hydrogen) atoms. The summed E-state index contributed by atoms with van der Waals surface area (Å²) in [6.45, 7) is 2.13. The number of nitrogens with one attached hydrogen (secondary N) is 2. The van der Waals surface area contributed by atoms with Gasteiger partial charge in [-0.1, -0.05) is 19.3 Å². The van der Waals surface area contributed by atoms with Gasteiger partial charge in [-0.3, -0.25) is 14.4 Å². The highest BCUT2D eigenvalue weighted by molar-refractivity contribution is 6.05. The maximum absolute atomic E-state index is 14.2. The highest BCUT2D eigenvalue weighted by atomic mass is 19.1. The summed E-state index contributed by atoms with van der Waals surface area (Å²) in [5, 5.41) is 5.45. The van der Waals surface area contributed by atoms with Gasteiger partial charge < -0.3 is 15.5 Å². The molecule has 0 spiro atoms. The van der Waals surface area contributed by atoms with Crippen LogP contribution in [0.25, 0.3) is 0 Å². The van der Waals surface area contributed by atoms with Crippen LogP contribution in [0, 0.1) is 11.7 Å². The highest BCUT2D eigenvalue weighted by Gasteiger charge is 2.24. The van der Waals surface area contributed by atoms with Crippen LogP contribution in [-0.2, 0) is 16.0 Å². The van der Waals surface area contributed by atoms with E-state index in [1.807, 2.05) is 0 Å². The molecule has 3 amide bonds. The molecule has 2 aromatic carbocycles. The number of anilines is 3. The number of carbonyl (C=O) groups excluding carboxylic acids is 3. The number of carbonyl (C=O) groups is 3. The summed E-state index contributed by atoms with van der Waals surface area (Å²) in [5.74, 6) is -1.16. The van der Waals surface area contributed by atoms with Gasteiger partial charge in [0.25, 0.3) is 5.91 Å². The van der Waals surface area contributed by atoms with E-state index in [9.17, 15) is 18.8 Å². The van der Waals surface area contributed by atoms with E-state index < -0.39 is 5.82 Å². The smallest absolute Gasteiger partial charge is 0.255 e. The third-order valence-corrected chi connectivity index (χ3v) is 6.08. The number of nitrogens with zero attached hydrogens (tertiary/aromatic N) is 1. The number of hydrogen-bond acceptors (Lipinski definition) is 3. The predicted octanol–water partition coefficient (Wildman–Crippen LogP) is 4.51. The zero-order chi connectivity index (χ0) is 22.0. The fourth-order valence-corrected chi connectivity index (χ4v) is 4.37. The van der Waals surface area contributed by atoms with Gasteiger partial charge in [0.1, 0.15) is 5.82 Å². The largest absolute Gasteiger partial charge is 0.323 e. The van der Waals surface area contributed by atoms with Crippen molar-refractivity contribution in [3.8, 4) is 0 Å². The molecule has 0 unspecified atom stereocenters. The van der Waals surface area contributed by atoms with E-state index in [0.29, 0.717) is 24.2 Å². The lowest BCUT2D eigenvalue weighted by atomic mass is 9.88. The van der Waals surface area contributed by atoms with Crippen molar-refractivity contribution in [3.05, 3.63) is 53.3 Å². The van der Waals surface area contributed by atoms with E-state index in [4.69, 9.17) is 0 Å². The summed E-state index contributed by atoms with van der Waals surface area (Å²) in [7, 11) is 0. The minimum absolute atomic E-state index is 0.0231. The molecule has 7 heteroatoms. The van der Waals surface area contributed by atoms with Gasteiger partial charge in [0.05, 0.1) is 5.69 Å². The van der Waals surface area contributed by atoms with Crippen LogP contribution < -0.4 is 15.5 Å². The normalized spacial score (nSPS) is 16.0. The first-order valence-corrected chi connectivity index (χ1v) is 10.7. The molecule has 1 fully saturated rings. The second-order valence-electron chi connectivity index (χ2n) is 8.24. The van der Waals surface area contributed by atoms with Crippen molar-refractivity contribution in [1.29, 1.82) is 0 Å². The summed E-state index contributed by atoms with van der Waals surface area (Å²) in [5.41, 5.74) is 2.71. The van der Waals surface area contributed by atoms with Crippen LogP contribution in [0.1, 0.15) is 54.9 Å². The van der Waals surface area contributed by atoms with E-state index in [0.717, 1.165) is 43.4 Å². The first-order chi connectivity index (χ1) is 14.9. The summed E-state index contributed by atoms with van der Waals surface area (Å²) in [6.07, 6.45) is 5.51. The van der Waals surface area contributed by atoms with Gasteiger partial charge in [-0.25, -0.2) is 4.39 Å². The molecule has 2 N–H and O–H groups in total. The molecule has 0 atom stereocenters. The molecule has 162 valence electrons. The molecule has 6 nitrogen and oxygen atoms in total. The van der Waals surface area contributed by atoms with Gasteiger partial charge in [-0.2, -0.15) is 0 Å². The van der Waals surface area contributed by atoms with Crippen molar-refractivity contribution in [1.82, 2.24) is 0 Å². The Labute approximate surface area is 180 Å². The van der Waals surface area contributed by atoms with Gasteiger partial charge in [-0.05, 0) is 61.2 Å². The van der Waals surface area contributed by atoms with E-state index in [2.05, 4.69) is 10.6 Å². The van der Waals surface area contributed by atoms with Crippen LogP contribution in [0.5, 0.6) is 0 Å². The first kappa shape index (κ1) is 21.0. The molecule has 0 bridgehead atoms. The van der Waals surface area contributed by atoms with Crippen molar-refractivity contribution in [3.63, 3.8) is 0 Å². The maximum Gasteiger partial charge on any atom is 0.255 e. The number of benzene rings is 2. The fourth-order valence-electron chi connectivity index (χ4n) is 4.37. The molecule has 4 rings (SSSR count). The van der Waals surface area contributed by atoms with Crippen LogP contribution in [0.2, 0.25) is 0 Å². The zero-order valence-electron chi connectivity index (χ0n) is 17.5. The molecular weight excluding hydrogens is 397 g/mol. The number of hydrogen-bond donors (Lipinski definition) is 2. The second kappa shape index (κ2) is 8.88. The third-order valence-electron chi connectivity index (χ3n) is 6.08. The third kappa shape index (κ3) is 4.60. The van der Waals surface area contributed by atoms with Crippen molar-refractivity contribution in [2.24, 2.45) is 5.92 Å². The molecule has 1 saturated carbocycles. The molecule has 0 radical (unpaired) electrons. The highest BCUT2D eigenvalue weighted by Crippen LogP contribution is 2.30. The topological polar surface area (TPSA) is 78.5 Å². The maximum atomic E-state index is 14.2. The average molecular weight is 423 g/mol. The minimum Gasteiger partial charge on any atom is -0.323 e. The van der Waals surface area contributed by atoms with Crippen molar-refractivity contribution >= 4 is 34.8 Å². The molecular formula is C24H26FN3O3. The lowest BCUT2D eigenvalue weighted by Crippen LogP contribution is -2.25. The standard InChI is InChI=1S/C24H26FN3O3/c1-15(29)28-12-11-17-13-18(7-10-22(17)28)24(31)26-19-8-9-20(25)21(14-19)27-23(30)16-5-3-2-4-6-16/h7-10,13-14,16H,2-6,11-12H2,1H3,(H,26,31)(H,27,30). The summed E-state index contributed by atoms with van der Waals surface area (Å²) in [4.78, 5) is 38.6. The van der Waals surface area contributed by atoms with E-state index in [1.165, 1.54) is 25.1 Å². The number of halogens is 1. The molecule has 0 aromatic heterocycles. The Morgan fingerprint density at radius 2 is 1.77 bits per heavy atom. The second-order valence-corrected chi connectivity index (χ2v) is 8.24. The van der Waals surface area contributed by atoms with Gasteiger partial charge in [-0.15, -0.1) is 0 Å². The molecule has 1 heterocycles. The molecule has 1 aliphatic carbocycles. The van der Waals surface area contributed by atoms with Crippen LogP contribution in [0.4, 0.5) is 21.5 Å². The molecule has 2 aliphatic rings. The van der Waals surface area contributed by atoms with Crippen LogP contribution >= 0.6 is 0 Å². The van der Waals surface area contributed by atoms with Gasteiger partial charge in [0.2, 0.25) is 11.8 Å². The predicted molar refractivity (Wildman–Crippen MR) is 118 cm³/mol. The Kier molecular flexibility index (Phi) is 6.02. The van der Waals surface area contributed by atoms with E-state index >= 15 is 0 Å². The SMILES string of the molecule is CC(=O)N1CCc2cc(C(=O)Nc3ccc(F)c(NC(=O)C4CCCCC4)c3)ccc21. The van der Waals surface area contributed by atoms with Crippen molar-refractivity contribution in [2.75, 3.05) is 22.1 Å². The summed E-state index contributed by atoms with van der Waals surface area (Å²) >= 11 is 0. The van der Waals surface area contributed by atoms with Crippen LogP contribution in [-0.4, -0.2) is 24.3 Å². The number of amides is 3. The zero-order valence-corrected chi connectivity index (χ0v) is 17.5. The fraction of sp³-hybridized carbons (Fsp3) is 0.375. The van der Waals surface area contributed by atoms with Gasteiger partial charge >= 0.3 is 0 Å². The number of rotatable bonds is 4. The lowest BCUT2D eigenvalue weighted by Gasteiger charge is -2.21. The molecule has 2 aromatic rings. The Balaban J connectivity index is 1.46. The average Bonchev–Trinajstić information content (AvgIpc) is 3.20. The minimum atomic E-state index is -0.538. The quantitative estimate of drug-likeness (QED) is 0.760. The van der Waals surface area contributed by atoms with E-state index in [-0.39, 0.29) is 29.3 Å². The molecule has 0 saturated heterocycles. The van der Waals surface area contributed by atoms with Crippen LogP contribution in [0.15, 0.2) is 36.4 Å². The monoisotopic (exact) mass is 423 g/mol. The summed E-state index contributed by atoms with van der Waals surface area (Å²) in [6, 6.07) is 9.37. The van der Waals surface area contributed by atoms with Crippen molar-refractivity contribution in [2.45, 2.75) is 45.4 Å². The van der Waals surface area contributed by atoms with Crippen LogP contribution in [0.3, 0.4) is 0 Å². The van der Waals surface area contributed by atoms with Crippen molar-refractivity contribution < 1.29 is 18.8 Å². The molecule has 1 aliphatic heterocycles.